The van der Waals surface area contributed by atoms with Gasteiger partial charge in [0, 0.05) is 143 Å². The lowest BCUT2D eigenvalue weighted by Crippen LogP contribution is -2.52. The number of nitrogens with zero attached hydrogens (tertiary/aromatic N) is 10. The van der Waals surface area contributed by atoms with Gasteiger partial charge in [-0.05, 0) is 248 Å². The number of piperidine rings is 4. The van der Waals surface area contributed by atoms with Crippen molar-refractivity contribution in [2.24, 2.45) is 23.7 Å². The molecule has 26 nitrogen and oxygen atoms in total. The molecular formula is C94H127F3N14O12S4. The molecule has 0 radical (unpaired) electrons. The van der Waals surface area contributed by atoms with Crippen molar-refractivity contribution in [1.29, 1.82) is 0 Å². The van der Waals surface area contributed by atoms with Gasteiger partial charge in [-0.15, -0.1) is 0 Å². The van der Waals surface area contributed by atoms with Crippen molar-refractivity contribution >= 4 is 63.4 Å². The first-order valence-corrected chi connectivity index (χ1v) is 52.7. The summed E-state index contributed by atoms with van der Waals surface area (Å²) < 4.78 is 172. The number of rotatable bonds is 28. The van der Waals surface area contributed by atoms with E-state index in [0.29, 0.717) is 76.7 Å². The van der Waals surface area contributed by atoms with Crippen LogP contribution in [-0.4, -0.2) is 216 Å². The molecule has 4 unspecified atom stereocenters. The number of pyridine rings is 4. The van der Waals surface area contributed by atoms with Crippen molar-refractivity contribution in [1.82, 2.24) is 48.8 Å². The Bertz CT molecular complexity index is 5120. The van der Waals surface area contributed by atoms with Gasteiger partial charge in [0.25, 0.3) is 0 Å². The fraction of sp³-hybridized carbons (Fsp3) is 0.553. The van der Waals surface area contributed by atoms with E-state index in [4.69, 9.17) is 18.9 Å². The standard InChI is InChI=1S/3C24H32FN3O3S.C22H31N5O3S/c1-32(29,30)27-23-12-14-28(24-7-2-3-13-26-24)16-20(23)17-31-22-10-8-18(9-11-22)19-5-4-6-21(25)15-19;1-32(29,30)27-23-13-15-28(24-8-4-5-14-26-24)16-19(23)17-31-20-11-9-18(10-12-20)21-6-2-3-7-22(21)25;1-32(29,30)27-23-13-15-28(24-4-2-3-14-26-24)16-20(23)17-31-22-11-7-19(8-12-22)18-5-9-21(25)10-6-18;1-31(28,29)26-21-10-13-27(22-4-2-3-11-24-22)14-18(21)15-30-19-7-5-17(6-8-19)20-9-12-23-16-25-20/h2-7,13,15,18,20,22-23,27H,8-12,14,16-17H2,1H3;2-8,14,18-20,23,27H,9-13,15-17H2,1H3;2-6,9-10,14,19-20,22-23,27H,7-8,11-13,15-17H2,1H3;2-4,9,11-12,16-19,21,26H,5-8,10,13-15H2,1H3/t18?,20?,22?,23-;18?,19?,20?,23-;19?,20?,22?,23-;17?,18?,19?,21-/m0000/s1. The molecule has 690 valence electrons. The van der Waals surface area contributed by atoms with Crippen LogP contribution in [0.1, 0.15) is 174 Å². The van der Waals surface area contributed by atoms with Gasteiger partial charge in [0.1, 0.15) is 47.1 Å². The maximum atomic E-state index is 14.1. The van der Waals surface area contributed by atoms with Crippen molar-refractivity contribution in [2.75, 3.05) is 123 Å². The van der Waals surface area contributed by atoms with Crippen LogP contribution in [0.15, 0.2) is 189 Å². The number of ether oxygens (including phenoxy) is 4. The quantitative estimate of drug-likeness (QED) is 0.0354. The Hall–Kier alpha value is -8.19. The van der Waals surface area contributed by atoms with Crippen molar-refractivity contribution < 1.29 is 65.8 Å². The molecule has 8 atom stereocenters. The summed E-state index contributed by atoms with van der Waals surface area (Å²) in [5.41, 5.74) is 4.19. The van der Waals surface area contributed by atoms with E-state index in [9.17, 15) is 46.8 Å². The molecule has 8 aliphatic rings. The summed E-state index contributed by atoms with van der Waals surface area (Å²) in [6.45, 7) is 7.88. The van der Waals surface area contributed by atoms with Crippen molar-refractivity contribution in [2.45, 2.75) is 201 Å². The van der Waals surface area contributed by atoms with Crippen LogP contribution in [0.5, 0.6) is 0 Å². The molecule has 4 aliphatic heterocycles. The number of sulfonamides is 4. The first kappa shape index (κ1) is 96.4. The van der Waals surface area contributed by atoms with Gasteiger partial charge in [0.15, 0.2) is 0 Å². The lowest BCUT2D eigenvalue weighted by Gasteiger charge is -2.40. The van der Waals surface area contributed by atoms with Gasteiger partial charge in [-0.2, -0.15) is 0 Å². The van der Waals surface area contributed by atoms with Crippen LogP contribution in [-0.2, 0) is 59.0 Å². The SMILES string of the molecule is CS(=O)(=O)N[C@H]1CCN(c2ccccn2)CC1COC1CCC(c2ccc(F)cc2)CC1.CS(=O)(=O)N[C@H]1CCN(c2ccccn2)CC1COC1CCC(c2cccc(F)c2)CC1.CS(=O)(=O)N[C@H]1CCN(c2ccccn2)CC1COC1CCC(c2ccccc2F)CC1.CS(=O)(=O)N[C@H]1CCN(c2ccccn2)CC1COC1CCC(c2ccncn2)CC1. The zero-order valence-electron chi connectivity index (χ0n) is 73.4. The third-order valence-electron chi connectivity index (χ3n) is 26.2. The Labute approximate surface area is 749 Å². The molecule has 33 heteroatoms. The van der Waals surface area contributed by atoms with E-state index < -0.39 is 40.1 Å². The van der Waals surface area contributed by atoms with Gasteiger partial charge in [-0.3, -0.25) is 0 Å². The zero-order chi connectivity index (χ0) is 89.3. The Morgan fingerprint density at radius 2 is 0.654 bits per heavy atom. The fourth-order valence-corrected chi connectivity index (χ4v) is 23.0. The number of benzene rings is 3. The highest BCUT2D eigenvalue weighted by Gasteiger charge is 2.39. The second-order valence-corrected chi connectivity index (χ2v) is 42.8. The Kier molecular flexibility index (Phi) is 35.3. The van der Waals surface area contributed by atoms with E-state index in [-0.39, 0.29) is 95.6 Å². The van der Waals surface area contributed by atoms with Crippen LogP contribution in [0.4, 0.5) is 36.4 Å². The molecule has 5 aromatic heterocycles. The zero-order valence-corrected chi connectivity index (χ0v) is 76.7. The van der Waals surface area contributed by atoms with Gasteiger partial charge >= 0.3 is 0 Å². The number of anilines is 4. The smallest absolute Gasteiger partial charge is 0.208 e. The van der Waals surface area contributed by atoms with E-state index in [2.05, 4.69) is 68.4 Å². The summed E-state index contributed by atoms with van der Waals surface area (Å²) in [5.74, 6) is 4.88. The van der Waals surface area contributed by atoms with Crippen molar-refractivity contribution in [3.05, 3.63) is 229 Å². The molecule has 4 N–H and O–H groups in total. The lowest BCUT2D eigenvalue weighted by molar-refractivity contribution is -0.00243. The number of nitrogens with one attached hydrogen (secondary N) is 4. The minimum absolute atomic E-state index is 0.0322. The minimum Gasteiger partial charge on any atom is -0.378 e. The fourth-order valence-electron chi connectivity index (χ4n) is 19.6. The maximum absolute atomic E-state index is 14.1. The van der Waals surface area contributed by atoms with Gasteiger partial charge < -0.3 is 38.5 Å². The largest absolute Gasteiger partial charge is 0.378 e. The second-order valence-electron chi connectivity index (χ2n) is 35.7. The summed E-state index contributed by atoms with van der Waals surface area (Å²) in [7, 11) is -13.2. The summed E-state index contributed by atoms with van der Waals surface area (Å²) >= 11 is 0. The van der Waals surface area contributed by atoms with Crippen molar-refractivity contribution in [3.8, 4) is 0 Å². The Balaban J connectivity index is 0.000000145. The van der Waals surface area contributed by atoms with Crippen LogP contribution in [0, 0.1) is 41.1 Å². The van der Waals surface area contributed by atoms with Crippen LogP contribution in [0.2, 0.25) is 0 Å². The first-order chi connectivity index (χ1) is 61.1. The summed E-state index contributed by atoms with van der Waals surface area (Å²) in [4.78, 5) is 35.0. The van der Waals surface area contributed by atoms with E-state index in [1.54, 1.807) is 55.5 Å². The topological polar surface area (TPSA) is 312 Å². The number of halogens is 3. The summed E-state index contributed by atoms with van der Waals surface area (Å²) in [5, 5.41) is 0. The van der Waals surface area contributed by atoms with E-state index in [1.807, 2.05) is 109 Å². The van der Waals surface area contributed by atoms with Crippen LogP contribution < -0.4 is 38.5 Å². The molecule has 8 aromatic rings. The Morgan fingerprint density at radius 1 is 0.323 bits per heavy atom. The van der Waals surface area contributed by atoms with Crippen LogP contribution in [0.3, 0.4) is 0 Å². The van der Waals surface area contributed by atoms with Crippen LogP contribution in [0.25, 0.3) is 0 Å². The lowest BCUT2D eigenvalue weighted by atomic mass is 9.82. The number of hydrogen-bond acceptors (Lipinski definition) is 22. The van der Waals surface area contributed by atoms with Crippen molar-refractivity contribution in [3.63, 3.8) is 0 Å². The highest BCUT2D eigenvalue weighted by atomic mass is 32.2. The predicted molar refractivity (Wildman–Crippen MR) is 490 cm³/mol. The predicted octanol–water partition coefficient (Wildman–Crippen LogP) is 13.5. The average Bonchev–Trinajstić information content (AvgIpc) is 0.813. The second kappa shape index (κ2) is 46.6. The molecule has 3 aromatic carbocycles. The van der Waals surface area contributed by atoms with Gasteiger partial charge in [-0.25, -0.2) is 95.6 Å². The van der Waals surface area contributed by atoms with E-state index in [1.165, 1.54) is 54.9 Å². The highest BCUT2D eigenvalue weighted by molar-refractivity contribution is 7.89. The molecule has 4 saturated heterocycles. The molecule has 0 spiro atoms. The molecule has 16 rings (SSSR count). The minimum atomic E-state index is -3.30. The molecular weight excluding hydrogens is 1700 g/mol. The third kappa shape index (κ3) is 30.7. The van der Waals surface area contributed by atoms with Gasteiger partial charge in [0.2, 0.25) is 40.1 Å². The first-order valence-electron chi connectivity index (χ1n) is 45.1. The normalized spacial score (nSPS) is 26.9. The molecule has 8 fully saturated rings. The number of hydrogen-bond donors (Lipinski definition) is 4. The molecule has 9 heterocycles. The highest BCUT2D eigenvalue weighted by Crippen LogP contribution is 2.40. The van der Waals surface area contributed by atoms with Crippen LogP contribution >= 0.6 is 0 Å². The molecule has 127 heavy (non-hydrogen) atoms. The molecule has 0 amide bonds. The Morgan fingerprint density at radius 3 is 0.969 bits per heavy atom. The molecule has 4 aliphatic carbocycles. The maximum Gasteiger partial charge on any atom is 0.208 e. The van der Waals surface area contributed by atoms with Gasteiger partial charge in [0.05, 0.1) is 75.9 Å². The number of aromatic nitrogens is 6. The average molecular weight is 1830 g/mol. The molecule has 4 saturated carbocycles. The van der Waals surface area contributed by atoms with E-state index in [0.717, 1.165) is 188 Å². The summed E-state index contributed by atoms with van der Waals surface area (Å²) in [6.07, 6.45) is 34.4. The van der Waals surface area contributed by atoms with Gasteiger partial charge in [-0.1, -0.05) is 66.7 Å². The summed E-state index contributed by atoms with van der Waals surface area (Å²) in [6, 6.07) is 45.6. The third-order valence-corrected chi connectivity index (χ3v) is 29.1. The molecule has 0 bridgehead atoms. The van der Waals surface area contributed by atoms with E-state index >= 15 is 0 Å². The monoisotopic (exact) mass is 1830 g/mol.